The van der Waals surface area contributed by atoms with Gasteiger partial charge in [0.25, 0.3) is 0 Å². The van der Waals surface area contributed by atoms with Crippen molar-refractivity contribution in [2.24, 2.45) is 0 Å². The van der Waals surface area contributed by atoms with Crippen molar-refractivity contribution in [3.05, 3.63) is 29.3 Å². The van der Waals surface area contributed by atoms with E-state index in [0.29, 0.717) is 18.8 Å². The van der Waals surface area contributed by atoms with E-state index in [1.165, 1.54) is 5.56 Å². The zero-order chi connectivity index (χ0) is 14.6. The summed E-state index contributed by atoms with van der Waals surface area (Å²) < 4.78 is 5.44. The van der Waals surface area contributed by atoms with Gasteiger partial charge in [-0.2, -0.15) is 0 Å². The number of rotatable bonds is 3. The molecule has 0 aliphatic carbocycles. The number of carbonyl (C=O) groups is 1. The summed E-state index contributed by atoms with van der Waals surface area (Å²) in [5.41, 5.74) is 2.34. The fraction of sp³-hybridized carbons (Fsp3) is 0.562. The molecule has 0 aliphatic heterocycles. The van der Waals surface area contributed by atoms with Crippen LogP contribution in [0.25, 0.3) is 0 Å². The van der Waals surface area contributed by atoms with Gasteiger partial charge in [-0.15, -0.1) is 0 Å². The van der Waals surface area contributed by atoms with Crippen LogP contribution < -0.4 is 4.74 Å². The molecule has 0 N–H and O–H groups in total. The van der Waals surface area contributed by atoms with Crippen LogP contribution in [0.15, 0.2) is 18.2 Å². The van der Waals surface area contributed by atoms with E-state index in [2.05, 4.69) is 26.8 Å². The molecule has 0 saturated carbocycles. The maximum atomic E-state index is 11.9. The summed E-state index contributed by atoms with van der Waals surface area (Å²) in [6.45, 7) is 13.7. The molecule has 0 aromatic heterocycles. The van der Waals surface area contributed by atoms with E-state index in [0.717, 1.165) is 5.56 Å². The van der Waals surface area contributed by atoms with Crippen molar-refractivity contribution in [2.45, 2.75) is 47.0 Å². The molecule has 3 heteroatoms. The van der Waals surface area contributed by atoms with Gasteiger partial charge in [-0.05, 0) is 43.4 Å². The second-order valence-electron chi connectivity index (χ2n) is 5.77. The number of hydrogen-bond acceptors (Lipinski definition) is 2. The highest BCUT2D eigenvalue weighted by Gasteiger charge is 2.17. The molecular weight excluding hydrogens is 238 g/mol. The van der Waals surface area contributed by atoms with Gasteiger partial charge in [0.05, 0.1) is 0 Å². The molecule has 0 unspecified atom stereocenters. The molecule has 106 valence electrons. The summed E-state index contributed by atoms with van der Waals surface area (Å²) in [7, 11) is 0. The summed E-state index contributed by atoms with van der Waals surface area (Å²) in [6, 6.07) is 6.00. The summed E-state index contributed by atoms with van der Waals surface area (Å²) in [6.07, 6.45) is -0.281. The first kappa shape index (κ1) is 15.5. The van der Waals surface area contributed by atoms with Crippen LogP contribution in [-0.4, -0.2) is 24.1 Å². The number of aryl methyl sites for hydroxylation is 1. The summed E-state index contributed by atoms with van der Waals surface area (Å²) in [5, 5.41) is 0. The van der Waals surface area contributed by atoms with Crippen LogP contribution in [-0.2, 0) is 5.41 Å². The topological polar surface area (TPSA) is 29.5 Å². The van der Waals surface area contributed by atoms with E-state index in [1.807, 2.05) is 32.9 Å². The van der Waals surface area contributed by atoms with Crippen molar-refractivity contribution in [1.82, 2.24) is 4.90 Å². The molecule has 0 heterocycles. The molecule has 0 bridgehead atoms. The monoisotopic (exact) mass is 263 g/mol. The fourth-order valence-corrected chi connectivity index (χ4v) is 1.87. The minimum Gasteiger partial charge on any atom is -0.410 e. The minimum atomic E-state index is -0.281. The molecule has 1 aromatic rings. The van der Waals surface area contributed by atoms with Crippen LogP contribution in [0.3, 0.4) is 0 Å². The zero-order valence-electron chi connectivity index (χ0n) is 12.9. The van der Waals surface area contributed by atoms with E-state index in [4.69, 9.17) is 4.74 Å². The van der Waals surface area contributed by atoms with E-state index < -0.39 is 0 Å². The van der Waals surface area contributed by atoms with Crippen LogP contribution in [0.1, 0.15) is 45.7 Å². The van der Waals surface area contributed by atoms with Gasteiger partial charge in [0.15, 0.2) is 0 Å². The lowest BCUT2D eigenvalue weighted by Crippen LogP contribution is -2.33. The van der Waals surface area contributed by atoms with Gasteiger partial charge in [0.1, 0.15) is 5.75 Å². The maximum Gasteiger partial charge on any atom is 0.415 e. The first-order valence-electron chi connectivity index (χ1n) is 6.87. The quantitative estimate of drug-likeness (QED) is 0.820. The SMILES string of the molecule is CCN(CC)C(=O)Oc1ccc(C(C)(C)C)cc1C. The molecule has 1 amide bonds. The summed E-state index contributed by atoms with van der Waals surface area (Å²) in [4.78, 5) is 13.6. The smallest absolute Gasteiger partial charge is 0.410 e. The van der Waals surface area contributed by atoms with Crippen molar-refractivity contribution < 1.29 is 9.53 Å². The van der Waals surface area contributed by atoms with Crippen molar-refractivity contribution in [2.75, 3.05) is 13.1 Å². The van der Waals surface area contributed by atoms with Crippen molar-refractivity contribution in [3.8, 4) is 5.75 Å². The average Bonchev–Trinajstić information content (AvgIpc) is 2.32. The van der Waals surface area contributed by atoms with Gasteiger partial charge < -0.3 is 9.64 Å². The lowest BCUT2D eigenvalue weighted by molar-refractivity contribution is 0.157. The van der Waals surface area contributed by atoms with Crippen LogP contribution in [0, 0.1) is 6.92 Å². The number of hydrogen-bond donors (Lipinski definition) is 0. The lowest BCUT2D eigenvalue weighted by atomic mass is 9.86. The third-order valence-corrected chi connectivity index (χ3v) is 3.26. The fourth-order valence-electron chi connectivity index (χ4n) is 1.87. The minimum absolute atomic E-state index is 0.103. The molecule has 0 radical (unpaired) electrons. The molecule has 0 atom stereocenters. The number of nitrogens with zero attached hydrogens (tertiary/aromatic N) is 1. The van der Waals surface area contributed by atoms with Crippen molar-refractivity contribution >= 4 is 6.09 Å². The van der Waals surface area contributed by atoms with Gasteiger partial charge in [0.2, 0.25) is 0 Å². The van der Waals surface area contributed by atoms with Gasteiger partial charge in [-0.1, -0.05) is 32.9 Å². The Morgan fingerprint density at radius 1 is 1.21 bits per heavy atom. The standard InChI is InChI=1S/C16H25NO2/c1-7-17(8-2)15(18)19-14-10-9-13(11-12(14)3)16(4,5)6/h9-11H,7-8H2,1-6H3. The first-order chi connectivity index (χ1) is 8.79. The van der Waals surface area contributed by atoms with Crippen molar-refractivity contribution in [3.63, 3.8) is 0 Å². The number of benzene rings is 1. The van der Waals surface area contributed by atoms with E-state index in [-0.39, 0.29) is 11.5 Å². The summed E-state index contributed by atoms with van der Waals surface area (Å²) >= 11 is 0. The molecular formula is C16H25NO2. The third-order valence-electron chi connectivity index (χ3n) is 3.26. The largest absolute Gasteiger partial charge is 0.415 e. The van der Waals surface area contributed by atoms with Crippen LogP contribution >= 0.6 is 0 Å². The van der Waals surface area contributed by atoms with Crippen LogP contribution in [0.2, 0.25) is 0 Å². The number of amides is 1. The summed E-state index contributed by atoms with van der Waals surface area (Å²) in [5.74, 6) is 0.643. The molecule has 1 rings (SSSR count). The van der Waals surface area contributed by atoms with E-state index >= 15 is 0 Å². The normalized spacial score (nSPS) is 11.3. The van der Waals surface area contributed by atoms with Gasteiger partial charge in [0, 0.05) is 13.1 Å². The second kappa shape index (κ2) is 6.09. The predicted octanol–water partition coefficient (Wildman–Crippen LogP) is 4.13. The second-order valence-corrected chi connectivity index (χ2v) is 5.77. The Morgan fingerprint density at radius 3 is 2.21 bits per heavy atom. The number of carbonyl (C=O) groups excluding carboxylic acids is 1. The molecule has 3 nitrogen and oxygen atoms in total. The zero-order valence-corrected chi connectivity index (χ0v) is 12.9. The van der Waals surface area contributed by atoms with Gasteiger partial charge in [-0.3, -0.25) is 0 Å². The van der Waals surface area contributed by atoms with Crippen LogP contribution in [0.4, 0.5) is 4.79 Å². The Labute approximate surface area is 116 Å². The predicted molar refractivity (Wildman–Crippen MR) is 78.8 cm³/mol. The van der Waals surface area contributed by atoms with Crippen LogP contribution in [0.5, 0.6) is 5.75 Å². The van der Waals surface area contributed by atoms with Gasteiger partial charge in [-0.25, -0.2) is 4.79 Å². The molecule has 1 aromatic carbocycles. The van der Waals surface area contributed by atoms with Gasteiger partial charge >= 0.3 is 6.09 Å². The molecule has 0 spiro atoms. The van der Waals surface area contributed by atoms with E-state index in [1.54, 1.807) is 4.90 Å². The lowest BCUT2D eigenvalue weighted by Gasteiger charge is -2.22. The third kappa shape index (κ3) is 3.98. The molecule has 0 aliphatic rings. The maximum absolute atomic E-state index is 11.9. The van der Waals surface area contributed by atoms with E-state index in [9.17, 15) is 4.79 Å². The Morgan fingerprint density at radius 2 is 1.79 bits per heavy atom. The molecule has 0 fully saturated rings. The Hall–Kier alpha value is -1.51. The average molecular weight is 263 g/mol. The Balaban J connectivity index is 2.89. The Bertz CT molecular complexity index is 443. The highest BCUT2D eigenvalue weighted by Crippen LogP contribution is 2.27. The molecule has 19 heavy (non-hydrogen) atoms. The van der Waals surface area contributed by atoms with Crippen molar-refractivity contribution in [1.29, 1.82) is 0 Å². The number of ether oxygens (including phenoxy) is 1. The Kier molecular flexibility index (Phi) is 4.98. The highest BCUT2D eigenvalue weighted by molar-refractivity contribution is 5.71. The molecule has 0 saturated heterocycles. The highest BCUT2D eigenvalue weighted by atomic mass is 16.6. The first-order valence-corrected chi connectivity index (χ1v) is 6.87.